The molecule has 1 aliphatic rings. The highest BCUT2D eigenvalue weighted by atomic mass is 35.5. The van der Waals surface area contributed by atoms with Crippen LogP contribution in [0.25, 0.3) is 0 Å². The Kier molecular flexibility index (Phi) is 4.31. The van der Waals surface area contributed by atoms with E-state index < -0.39 is 0 Å². The van der Waals surface area contributed by atoms with Crippen molar-refractivity contribution in [2.24, 2.45) is 0 Å². The highest BCUT2D eigenvalue weighted by Gasteiger charge is 2.29. The Morgan fingerprint density at radius 3 is 2.79 bits per heavy atom. The highest BCUT2D eigenvalue weighted by molar-refractivity contribution is 6.29. The monoisotopic (exact) mass is 283 g/mol. The molecule has 1 atom stereocenters. The van der Waals surface area contributed by atoms with E-state index in [0.717, 1.165) is 31.1 Å². The summed E-state index contributed by atoms with van der Waals surface area (Å²) in [6, 6.07) is 2.16. The van der Waals surface area contributed by atoms with E-state index in [1.54, 1.807) is 6.07 Å². The Hall–Kier alpha value is -0.870. The number of nitrogens with one attached hydrogen (secondary N) is 1. The highest BCUT2D eigenvalue weighted by Crippen LogP contribution is 2.26. The number of anilines is 1. The van der Waals surface area contributed by atoms with Crippen molar-refractivity contribution < 1.29 is 4.74 Å². The minimum absolute atomic E-state index is 0.0758. The van der Waals surface area contributed by atoms with Crippen LogP contribution in [0.2, 0.25) is 5.15 Å². The van der Waals surface area contributed by atoms with E-state index in [0.29, 0.717) is 11.2 Å². The molecule has 1 fully saturated rings. The summed E-state index contributed by atoms with van der Waals surface area (Å²) >= 11 is 6.05. The van der Waals surface area contributed by atoms with Gasteiger partial charge in [0.2, 0.25) is 0 Å². The summed E-state index contributed by atoms with van der Waals surface area (Å²) in [5.41, 5.74) is -0.0758. The van der Waals surface area contributed by atoms with Crippen molar-refractivity contribution in [1.29, 1.82) is 0 Å². The number of hydrogen-bond donors (Lipinski definition) is 1. The molecule has 2 heterocycles. The summed E-state index contributed by atoms with van der Waals surface area (Å²) in [5, 5.41) is 3.95. The Labute approximate surface area is 119 Å². The minimum Gasteiger partial charge on any atom is -0.375 e. The molecule has 1 aromatic rings. The van der Waals surface area contributed by atoms with E-state index in [9.17, 15) is 0 Å². The van der Waals surface area contributed by atoms with Gasteiger partial charge >= 0.3 is 0 Å². The summed E-state index contributed by atoms with van der Waals surface area (Å²) in [5.74, 6) is 1.86. The van der Waals surface area contributed by atoms with Crippen LogP contribution in [-0.2, 0) is 4.74 Å². The van der Waals surface area contributed by atoms with Gasteiger partial charge in [0.25, 0.3) is 0 Å². The first-order valence-corrected chi connectivity index (χ1v) is 7.18. The first kappa shape index (κ1) is 14.5. The molecule has 0 aromatic carbocycles. The van der Waals surface area contributed by atoms with Crippen molar-refractivity contribution >= 4 is 17.4 Å². The van der Waals surface area contributed by atoms with Crippen LogP contribution in [0.3, 0.4) is 0 Å². The molecule has 4 nitrogen and oxygen atoms in total. The Morgan fingerprint density at radius 1 is 1.42 bits per heavy atom. The molecule has 0 bridgehead atoms. The lowest BCUT2D eigenvalue weighted by molar-refractivity contribution is -0.0553. The van der Waals surface area contributed by atoms with E-state index >= 15 is 0 Å². The van der Waals surface area contributed by atoms with Gasteiger partial charge in [-0.3, -0.25) is 0 Å². The van der Waals surface area contributed by atoms with Crippen molar-refractivity contribution in [2.75, 3.05) is 11.9 Å². The zero-order valence-corrected chi connectivity index (χ0v) is 12.8. The van der Waals surface area contributed by atoms with Crippen LogP contribution in [0.1, 0.15) is 52.3 Å². The van der Waals surface area contributed by atoms with Crippen molar-refractivity contribution in [3.63, 3.8) is 0 Å². The van der Waals surface area contributed by atoms with E-state index in [1.807, 2.05) is 0 Å². The van der Waals surface area contributed by atoms with Crippen LogP contribution in [0.4, 0.5) is 5.82 Å². The van der Waals surface area contributed by atoms with E-state index in [4.69, 9.17) is 16.3 Å². The predicted octanol–water partition coefficient (Wildman–Crippen LogP) is 3.62. The average molecular weight is 284 g/mol. The van der Waals surface area contributed by atoms with Crippen LogP contribution >= 0.6 is 11.6 Å². The molecule has 106 valence electrons. The molecule has 0 saturated carbocycles. The maximum Gasteiger partial charge on any atom is 0.135 e. The lowest BCUT2D eigenvalue weighted by Crippen LogP contribution is -2.40. The van der Waals surface area contributed by atoms with Gasteiger partial charge in [0, 0.05) is 24.6 Å². The number of nitrogens with zero attached hydrogens (tertiary/aromatic N) is 2. The topological polar surface area (TPSA) is 47.0 Å². The lowest BCUT2D eigenvalue weighted by Gasteiger charge is -2.36. The molecule has 1 unspecified atom stereocenters. The van der Waals surface area contributed by atoms with Crippen LogP contribution < -0.4 is 5.32 Å². The summed E-state index contributed by atoms with van der Waals surface area (Å²) < 4.78 is 5.72. The first-order valence-electron chi connectivity index (χ1n) is 6.81. The molecule has 0 aliphatic carbocycles. The van der Waals surface area contributed by atoms with Crippen molar-refractivity contribution in [3.8, 4) is 0 Å². The second-order valence-electron chi connectivity index (χ2n) is 6.03. The fourth-order valence-corrected chi connectivity index (χ4v) is 2.52. The second-order valence-corrected chi connectivity index (χ2v) is 6.42. The molecule has 5 heteroatoms. The molecule has 1 saturated heterocycles. The zero-order valence-electron chi connectivity index (χ0n) is 12.0. The average Bonchev–Trinajstić information content (AvgIpc) is 2.26. The summed E-state index contributed by atoms with van der Waals surface area (Å²) in [4.78, 5) is 8.77. The van der Waals surface area contributed by atoms with Crippen LogP contribution in [0.15, 0.2) is 6.07 Å². The Balaban J connectivity index is 2.10. The third-order valence-electron chi connectivity index (χ3n) is 3.28. The quantitative estimate of drug-likeness (QED) is 0.861. The smallest absolute Gasteiger partial charge is 0.135 e. The van der Waals surface area contributed by atoms with Gasteiger partial charge in [-0.2, -0.15) is 0 Å². The van der Waals surface area contributed by atoms with Gasteiger partial charge in [0.1, 0.15) is 16.8 Å². The molecule has 2 rings (SSSR count). The molecule has 1 N–H and O–H groups in total. The molecular weight excluding hydrogens is 262 g/mol. The second kappa shape index (κ2) is 5.63. The SMILES string of the molecule is CC(C)c1nc(Cl)cc(NC2CCOC(C)(C)C2)n1. The number of rotatable bonds is 3. The van der Waals surface area contributed by atoms with E-state index in [-0.39, 0.29) is 11.5 Å². The summed E-state index contributed by atoms with van der Waals surface area (Å²) in [6.45, 7) is 9.14. The Morgan fingerprint density at radius 2 is 2.16 bits per heavy atom. The van der Waals surface area contributed by atoms with Gasteiger partial charge in [-0.05, 0) is 26.7 Å². The largest absolute Gasteiger partial charge is 0.375 e. The third kappa shape index (κ3) is 4.05. The molecular formula is C14H22ClN3O. The normalized spacial score (nSPS) is 22.5. The van der Waals surface area contributed by atoms with Gasteiger partial charge in [-0.15, -0.1) is 0 Å². The van der Waals surface area contributed by atoms with Gasteiger partial charge in [0.05, 0.1) is 5.60 Å². The molecule has 19 heavy (non-hydrogen) atoms. The van der Waals surface area contributed by atoms with Gasteiger partial charge in [-0.1, -0.05) is 25.4 Å². The van der Waals surface area contributed by atoms with Crippen molar-refractivity contribution in [1.82, 2.24) is 9.97 Å². The van der Waals surface area contributed by atoms with Gasteiger partial charge < -0.3 is 10.1 Å². The maximum atomic E-state index is 6.05. The van der Waals surface area contributed by atoms with Crippen molar-refractivity contribution in [2.45, 2.75) is 58.1 Å². The molecule has 0 radical (unpaired) electrons. The zero-order chi connectivity index (χ0) is 14.0. The maximum absolute atomic E-state index is 6.05. The minimum atomic E-state index is -0.0758. The van der Waals surface area contributed by atoms with E-state index in [1.165, 1.54) is 0 Å². The molecule has 0 spiro atoms. The van der Waals surface area contributed by atoms with E-state index in [2.05, 4.69) is 43.0 Å². The van der Waals surface area contributed by atoms with Gasteiger partial charge in [0.15, 0.2) is 0 Å². The summed E-state index contributed by atoms with van der Waals surface area (Å²) in [6.07, 6.45) is 1.95. The number of halogens is 1. The third-order valence-corrected chi connectivity index (χ3v) is 3.47. The molecule has 1 aliphatic heterocycles. The first-order chi connectivity index (χ1) is 8.85. The molecule has 0 amide bonds. The van der Waals surface area contributed by atoms with Crippen LogP contribution in [-0.4, -0.2) is 28.2 Å². The predicted molar refractivity (Wildman–Crippen MR) is 77.8 cm³/mol. The fraction of sp³-hybridized carbons (Fsp3) is 0.714. The standard InChI is InChI=1S/C14H22ClN3O/c1-9(2)13-17-11(15)7-12(18-13)16-10-5-6-19-14(3,4)8-10/h7,9-10H,5-6,8H2,1-4H3,(H,16,17,18). The van der Waals surface area contributed by atoms with Gasteiger partial charge in [-0.25, -0.2) is 9.97 Å². The lowest BCUT2D eigenvalue weighted by atomic mass is 9.94. The van der Waals surface area contributed by atoms with Crippen LogP contribution in [0.5, 0.6) is 0 Å². The molecule has 1 aromatic heterocycles. The summed E-state index contributed by atoms with van der Waals surface area (Å²) in [7, 11) is 0. The number of hydrogen-bond acceptors (Lipinski definition) is 4. The Bertz CT molecular complexity index is 448. The van der Waals surface area contributed by atoms with Crippen molar-refractivity contribution in [3.05, 3.63) is 17.0 Å². The van der Waals surface area contributed by atoms with Crippen LogP contribution in [0, 0.1) is 0 Å². The number of ether oxygens (including phenoxy) is 1. The fourth-order valence-electron chi connectivity index (χ4n) is 2.33. The number of aromatic nitrogens is 2.